The molecule has 4 rings (SSSR count). The predicted molar refractivity (Wildman–Crippen MR) is 118 cm³/mol. The molecular weight excluding hydrogens is 472 g/mol. The van der Waals surface area contributed by atoms with E-state index in [1.807, 2.05) is 35.7 Å². The van der Waals surface area contributed by atoms with E-state index in [1.165, 1.54) is 23.0 Å². The van der Waals surface area contributed by atoms with Gasteiger partial charge in [0.15, 0.2) is 15.9 Å². The zero-order valence-electron chi connectivity index (χ0n) is 16.1. The van der Waals surface area contributed by atoms with Gasteiger partial charge >= 0.3 is 5.69 Å². The van der Waals surface area contributed by atoms with Gasteiger partial charge in [-0.1, -0.05) is 18.2 Å². The highest BCUT2D eigenvalue weighted by molar-refractivity contribution is 9.10. The molecule has 154 valence electrons. The number of nitrogens with zero attached hydrogens (tertiary/aromatic N) is 5. The average Bonchev–Trinajstić information content (AvgIpc) is 3.30. The van der Waals surface area contributed by atoms with E-state index in [2.05, 4.69) is 31.2 Å². The quantitative estimate of drug-likeness (QED) is 0.432. The van der Waals surface area contributed by atoms with Gasteiger partial charge in [0, 0.05) is 25.2 Å². The van der Waals surface area contributed by atoms with Gasteiger partial charge in [-0.05, 0) is 28.1 Å². The monoisotopic (exact) mass is 488 g/mol. The zero-order chi connectivity index (χ0) is 21.4. The minimum atomic E-state index is -0.455. The molecule has 0 saturated heterocycles. The smallest absolute Gasteiger partial charge is 0.326 e. The van der Waals surface area contributed by atoms with E-state index in [1.54, 1.807) is 11.6 Å². The van der Waals surface area contributed by atoms with Gasteiger partial charge in [-0.3, -0.25) is 23.3 Å². The van der Waals surface area contributed by atoms with Crippen LogP contribution in [0.2, 0.25) is 0 Å². The van der Waals surface area contributed by atoms with E-state index < -0.39 is 11.2 Å². The molecule has 0 aliphatic rings. The van der Waals surface area contributed by atoms with Crippen LogP contribution >= 0.6 is 27.3 Å². The Balaban J connectivity index is 1.58. The average molecular weight is 489 g/mol. The van der Waals surface area contributed by atoms with Crippen molar-refractivity contribution in [1.82, 2.24) is 23.7 Å². The molecule has 0 unspecified atom stereocenters. The fourth-order valence-corrected chi connectivity index (χ4v) is 4.39. The number of nitrogens with one attached hydrogen (secondary N) is 1. The number of halogens is 1. The van der Waals surface area contributed by atoms with Crippen molar-refractivity contribution in [3.63, 3.8) is 0 Å². The molecule has 0 atom stereocenters. The van der Waals surface area contributed by atoms with Crippen molar-refractivity contribution in [2.75, 3.05) is 5.32 Å². The number of amides is 1. The van der Waals surface area contributed by atoms with E-state index in [0.717, 1.165) is 10.3 Å². The molecule has 1 N–H and O–H groups in total. The van der Waals surface area contributed by atoms with E-state index in [0.29, 0.717) is 27.6 Å². The highest BCUT2D eigenvalue weighted by Gasteiger charge is 2.19. The number of hydrogen-bond acceptors (Lipinski definition) is 6. The summed E-state index contributed by atoms with van der Waals surface area (Å²) in [4.78, 5) is 45.7. The van der Waals surface area contributed by atoms with Crippen molar-refractivity contribution in [3.8, 4) is 0 Å². The summed E-state index contributed by atoms with van der Waals surface area (Å²) in [5, 5.41) is 5.35. The molecule has 0 aliphatic carbocycles. The van der Waals surface area contributed by atoms with Gasteiger partial charge in [-0.2, -0.15) is 0 Å². The summed E-state index contributed by atoms with van der Waals surface area (Å²) < 4.78 is 4.54. The highest BCUT2D eigenvalue weighted by Crippen LogP contribution is 2.20. The molecule has 0 radical (unpaired) electrons. The first kappa shape index (κ1) is 20.2. The third-order valence-corrected chi connectivity index (χ3v) is 6.08. The molecule has 1 aromatic carbocycles. The number of fused-ring (bicyclic) bond motifs is 1. The first-order chi connectivity index (χ1) is 14.3. The van der Waals surface area contributed by atoms with E-state index >= 15 is 0 Å². The molecule has 4 aromatic rings. The van der Waals surface area contributed by atoms with Gasteiger partial charge in [0.1, 0.15) is 5.01 Å². The van der Waals surface area contributed by atoms with Crippen molar-refractivity contribution in [2.45, 2.75) is 13.0 Å². The highest BCUT2D eigenvalue weighted by atomic mass is 79.9. The normalized spacial score (nSPS) is 11.2. The molecular formula is C19H17BrN6O3S. The van der Waals surface area contributed by atoms with Gasteiger partial charge in [0.25, 0.3) is 5.56 Å². The Kier molecular flexibility index (Phi) is 5.39. The second-order valence-electron chi connectivity index (χ2n) is 6.67. The van der Waals surface area contributed by atoms with Crippen molar-refractivity contribution in [2.24, 2.45) is 14.1 Å². The van der Waals surface area contributed by atoms with Gasteiger partial charge in [0.05, 0.1) is 18.7 Å². The SMILES string of the molecule is Cn1c(=O)c2nc(Br)n(Cc3csc(CC(=O)Nc4ccccc4)n3)c2n(C)c1=O. The number of aryl methyl sites for hydroxylation is 1. The van der Waals surface area contributed by atoms with Crippen LogP contribution in [-0.4, -0.2) is 29.6 Å². The molecule has 30 heavy (non-hydrogen) atoms. The fourth-order valence-electron chi connectivity index (χ4n) is 3.13. The molecule has 3 heterocycles. The summed E-state index contributed by atoms with van der Waals surface area (Å²) in [6.45, 7) is 0.300. The summed E-state index contributed by atoms with van der Waals surface area (Å²) in [5.74, 6) is -0.151. The number of imidazole rings is 1. The summed E-state index contributed by atoms with van der Waals surface area (Å²) in [6.07, 6.45) is 0.157. The van der Waals surface area contributed by atoms with E-state index in [4.69, 9.17) is 0 Å². The lowest BCUT2D eigenvalue weighted by atomic mass is 10.3. The lowest BCUT2D eigenvalue weighted by Gasteiger charge is -2.08. The van der Waals surface area contributed by atoms with Crippen LogP contribution in [0.15, 0.2) is 50.0 Å². The van der Waals surface area contributed by atoms with Crippen LogP contribution < -0.4 is 16.6 Å². The molecule has 0 bridgehead atoms. The fraction of sp³-hybridized carbons (Fsp3) is 0.211. The van der Waals surface area contributed by atoms with Crippen molar-refractivity contribution >= 4 is 50.0 Å². The Morgan fingerprint density at radius 2 is 1.87 bits per heavy atom. The Labute approximate surface area is 182 Å². The number of carbonyl (C=O) groups excluding carboxylic acids is 1. The number of hydrogen-bond donors (Lipinski definition) is 1. The van der Waals surface area contributed by atoms with Gasteiger partial charge < -0.3 is 5.32 Å². The molecule has 0 aliphatic heterocycles. The number of benzene rings is 1. The van der Waals surface area contributed by atoms with Crippen LogP contribution in [0.4, 0.5) is 5.69 Å². The second kappa shape index (κ2) is 8.00. The molecule has 3 aromatic heterocycles. The van der Waals surface area contributed by atoms with E-state index in [9.17, 15) is 14.4 Å². The molecule has 0 fully saturated rings. The molecule has 1 amide bonds. The molecule has 11 heteroatoms. The minimum Gasteiger partial charge on any atom is -0.326 e. The third kappa shape index (κ3) is 3.73. The molecule has 9 nitrogen and oxygen atoms in total. The van der Waals surface area contributed by atoms with Crippen LogP contribution in [0.5, 0.6) is 0 Å². The van der Waals surface area contributed by atoms with Gasteiger partial charge in [-0.15, -0.1) is 11.3 Å². The Morgan fingerprint density at radius 1 is 1.13 bits per heavy atom. The zero-order valence-corrected chi connectivity index (χ0v) is 18.5. The van der Waals surface area contributed by atoms with Crippen LogP contribution in [-0.2, 0) is 31.9 Å². The summed E-state index contributed by atoms with van der Waals surface area (Å²) in [7, 11) is 3.01. The van der Waals surface area contributed by atoms with Crippen molar-refractivity contribution < 1.29 is 4.79 Å². The number of aromatic nitrogens is 5. The Bertz CT molecular complexity index is 1370. The van der Waals surface area contributed by atoms with Crippen LogP contribution in [0.25, 0.3) is 11.2 Å². The maximum Gasteiger partial charge on any atom is 0.332 e. The number of para-hydroxylation sites is 1. The first-order valence-electron chi connectivity index (χ1n) is 8.95. The van der Waals surface area contributed by atoms with Crippen molar-refractivity contribution in [1.29, 1.82) is 0 Å². The summed E-state index contributed by atoms with van der Waals surface area (Å²) in [6, 6.07) is 9.23. The topological polar surface area (TPSA) is 104 Å². The number of carbonyl (C=O) groups is 1. The maximum absolute atomic E-state index is 12.4. The lowest BCUT2D eigenvalue weighted by molar-refractivity contribution is -0.115. The first-order valence-corrected chi connectivity index (χ1v) is 10.6. The van der Waals surface area contributed by atoms with Gasteiger partial charge in [0.2, 0.25) is 5.91 Å². The summed E-state index contributed by atoms with van der Waals surface area (Å²) in [5.41, 5.74) is 1.16. The summed E-state index contributed by atoms with van der Waals surface area (Å²) >= 11 is 4.75. The van der Waals surface area contributed by atoms with Gasteiger partial charge in [-0.25, -0.2) is 14.8 Å². The molecule has 0 spiro atoms. The predicted octanol–water partition coefficient (Wildman–Crippen LogP) is 1.88. The molecule has 0 saturated carbocycles. The van der Waals surface area contributed by atoms with Crippen LogP contribution in [0.1, 0.15) is 10.7 Å². The second-order valence-corrected chi connectivity index (χ2v) is 8.32. The van der Waals surface area contributed by atoms with Crippen molar-refractivity contribution in [3.05, 3.63) is 72.0 Å². The minimum absolute atomic E-state index is 0.151. The number of rotatable bonds is 5. The van der Waals surface area contributed by atoms with Crippen LogP contribution in [0, 0.1) is 0 Å². The maximum atomic E-state index is 12.4. The lowest BCUT2D eigenvalue weighted by Crippen LogP contribution is -2.37. The largest absolute Gasteiger partial charge is 0.332 e. The Morgan fingerprint density at radius 3 is 2.60 bits per heavy atom. The number of anilines is 1. The number of thiazole rings is 1. The standard InChI is InChI=1S/C19H17BrN6O3S/c1-24-16-15(17(28)25(2)19(24)29)23-18(20)26(16)9-12-10-30-14(22-12)8-13(27)21-11-6-4-3-5-7-11/h3-7,10H,8-9H2,1-2H3,(H,21,27). The Hall–Kier alpha value is -3.05. The van der Waals surface area contributed by atoms with Crippen LogP contribution in [0.3, 0.4) is 0 Å². The van der Waals surface area contributed by atoms with E-state index in [-0.39, 0.29) is 17.8 Å². The third-order valence-electron chi connectivity index (χ3n) is 4.58.